The van der Waals surface area contributed by atoms with Gasteiger partial charge in [-0.25, -0.2) is 0 Å². The summed E-state index contributed by atoms with van der Waals surface area (Å²) in [5.74, 6) is 1.77. The normalized spacial score (nSPS) is 13.1. The molecule has 0 saturated carbocycles. The molecule has 2 heterocycles. The van der Waals surface area contributed by atoms with E-state index in [1.165, 1.54) is 0 Å². The first kappa shape index (κ1) is 12.0. The van der Waals surface area contributed by atoms with Gasteiger partial charge < -0.3 is 0 Å². The van der Waals surface area contributed by atoms with Gasteiger partial charge in [0.15, 0.2) is 5.82 Å². The van der Waals surface area contributed by atoms with Crippen molar-refractivity contribution in [1.82, 2.24) is 14.8 Å². The minimum absolute atomic E-state index is 0.541. The first-order valence-electron chi connectivity index (χ1n) is 6.95. The maximum atomic E-state index is 4.78. The van der Waals surface area contributed by atoms with Gasteiger partial charge >= 0.3 is 0 Å². The summed E-state index contributed by atoms with van der Waals surface area (Å²) in [6, 6.07) is 18.6. The zero-order chi connectivity index (χ0) is 14.2. The topological polar surface area (TPSA) is 43.1 Å². The molecule has 0 amide bonds. The van der Waals surface area contributed by atoms with Crippen molar-refractivity contribution in [2.24, 2.45) is 4.99 Å². The Hall–Kier alpha value is -2.75. The Morgan fingerprint density at radius 1 is 0.905 bits per heavy atom. The second-order valence-corrected chi connectivity index (χ2v) is 5.05. The number of nitrogens with zero attached hydrogens (tertiary/aromatic N) is 4. The van der Waals surface area contributed by atoms with E-state index < -0.39 is 0 Å². The predicted octanol–water partition coefficient (Wildman–Crippen LogP) is 2.93. The van der Waals surface area contributed by atoms with Gasteiger partial charge in [-0.1, -0.05) is 48.5 Å². The van der Waals surface area contributed by atoms with Gasteiger partial charge in [0.25, 0.3) is 0 Å². The van der Waals surface area contributed by atoms with Crippen molar-refractivity contribution in [2.75, 3.05) is 0 Å². The lowest BCUT2D eigenvalue weighted by Gasteiger charge is -2.12. The summed E-state index contributed by atoms with van der Waals surface area (Å²) in [5, 5.41) is 8.43. The van der Waals surface area contributed by atoms with Crippen LogP contribution in [0.5, 0.6) is 0 Å². The maximum Gasteiger partial charge on any atom is 0.159 e. The molecule has 1 aliphatic rings. The molecule has 1 aliphatic heterocycles. The molecular weight excluding hydrogens is 260 g/mol. The lowest BCUT2D eigenvalue weighted by atomic mass is 10.0. The highest BCUT2D eigenvalue weighted by molar-refractivity contribution is 6.15. The first-order valence-corrected chi connectivity index (χ1v) is 6.95. The van der Waals surface area contributed by atoms with Crippen molar-refractivity contribution in [3.8, 4) is 5.69 Å². The number of hydrogen-bond acceptors (Lipinski definition) is 3. The molecule has 4 heteroatoms. The number of aliphatic imine (C=N–C) groups is 1. The molecule has 0 aliphatic carbocycles. The number of rotatable bonds is 1. The van der Waals surface area contributed by atoms with Gasteiger partial charge in [-0.2, -0.15) is 0 Å². The summed E-state index contributed by atoms with van der Waals surface area (Å²) >= 11 is 0. The number of aromatic nitrogens is 3. The minimum atomic E-state index is 0.541. The van der Waals surface area contributed by atoms with Gasteiger partial charge in [0, 0.05) is 11.1 Å². The number of hydrogen-bond donors (Lipinski definition) is 0. The van der Waals surface area contributed by atoms with Crippen LogP contribution in [-0.4, -0.2) is 20.5 Å². The fourth-order valence-corrected chi connectivity index (χ4v) is 2.77. The molecule has 21 heavy (non-hydrogen) atoms. The van der Waals surface area contributed by atoms with Crippen LogP contribution in [0.3, 0.4) is 0 Å². The fourth-order valence-electron chi connectivity index (χ4n) is 2.77. The van der Waals surface area contributed by atoms with E-state index >= 15 is 0 Å². The van der Waals surface area contributed by atoms with Crippen molar-refractivity contribution in [2.45, 2.75) is 13.5 Å². The minimum Gasteiger partial charge on any atom is -0.281 e. The van der Waals surface area contributed by atoms with Crippen LogP contribution >= 0.6 is 0 Å². The second kappa shape index (κ2) is 4.66. The number of benzene rings is 2. The van der Waals surface area contributed by atoms with Gasteiger partial charge in [-0.05, 0) is 13.0 Å². The molecule has 2 aromatic carbocycles. The van der Waals surface area contributed by atoms with E-state index in [1.807, 2.05) is 37.3 Å². The first-order chi connectivity index (χ1) is 10.3. The van der Waals surface area contributed by atoms with Gasteiger partial charge in [0.05, 0.1) is 11.4 Å². The Kier molecular flexibility index (Phi) is 2.67. The van der Waals surface area contributed by atoms with Crippen LogP contribution in [0.25, 0.3) is 5.69 Å². The third-order valence-corrected chi connectivity index (χ3v) is 3.72. The van der Waals surface area contributed by atoms with E-state index in [4.69, 9.17) is 4.99 Å². The molecule has 0 bridgehead atoms. The van der Waals surface area contributed by atoms with E-state index in [0.717, 1.165) is 34.2 Å². The Bertz CT molecular complexity index is 831. The molecular formula is C17H14N4. The average molecular weight is 274 g/mol. The predicted molar refractivity (Wildman–Crippen MR) is 81.9 cm³/mol. The van der Waals surface area contributed by atoms with Crippen LogP contribution in [0.2, 0.25) is 0 Å². The van der Waals surface area contributed by atoms with E-state index in [1.54, 1.807) is 0 Å². The molecule has 0 radical (unpaired) electrons. The van der Waals surface area contributed by atoms with E-state index in [2.05, 4.69) is 39.0 Å². The zero-order valence-electron chi connectivity index (χ0n) is 11.7. The van der Waals surface area contributed by atoms with Crippen LogP contribution in [0.1, 0.15) is 22.8 Å². The Morgan fingerprint density at radius 3 is 2.52 bits per heavy atom. The van der Waals surface area contributed by atoms with Gasteiger partial charge in [-0.15, -0.1) is 10.2 Å². The molecule has 0 spiro atoms. The lowest BCUT2D eigenvalue weighted by Crippen LogP contribution is -2.07. The van der Waals surface area contributed by atoms with Gasteiger partial charge in [0.1, 0.15) is 12.4 Å². The van der Waals surface area contributed by atoms with Crippen molar-refractivity contribution < 1.29 is 0 Å². The van der Waals surface area contributed by atoms with E-state index in [0.29, 0.717) is 6.54 Å². The Labute approximate surface area is 122 Å². The maximum absolute atomic E-state index is 4.78. The monoisotopic (exact) mass is 274 g/mol. The van der Waals surface area contributed by atoms with E-state index in [-0.39, 0.29) is 0 Å². The quantitative estimate of drug-likeness (QED) is 0.684. The number of fused-ring (bicyclic) bond motifs is 3. The SMILES string of the molecule is Cc1nnc2n1-c1ccccc1C(c1ccccc1)=NC2. The molecule has 3 aromatic rings. The third kappa shape index (κ3) is 1.88. The molecule has 0 atom stereocenters. The molecule has 0 N–H and O–H groups in total. The van der Waals surface area contributed by atoms with Crippen LogP contribution < -0.4 is 0 Å². The van der Waals surface area contributed by atoms with Crippen LogP contribution in [0.15, 0.2) is 59.6 Å². The van der Waals surface area contributed by atoms with Gasteiger partial charge in [0.2, 0.25) is 0 Å². The number of para-hydroxylation sites is 1. The third-order valence-electron chi connectivity index (χ3n) is 3.72. The second-order valence-electron chi connectivity index (χ2n) is 5.05. The Balaban J connectivity index is 1.99. The molecule has 1 aromatic heterocycles. The summed E-state index contributed by atoms with van der Waals surface area (Å²) in [6.07, 6.45) is 0. The molecule has 4 rings (SSSR count). The lowest BCUT2D eigenvalue weighted by molar-refractivity contribution is 0.862. The van der Waals surface area contributed by atoms with Crippen molar-refractivity contribution in [1.29, 1.82) is 0 Å². The standard InChI is InChI=1S/C17H14N4/c1-12-19-20-16-11-18-17(13-7-3-2-4-8-13)14-9-5-6-10-15(14)21(12)16/h2-10H,11H2,1H3. The van der Waals surface area contributed by atoms with Crippen molar-refractivity contribution in [3.05, 3.63) is 77.4 Å². The van der Waals surface area contributed by atoms with Gasteiger partial charge in [-0.3, -0.25) is 9.56 Å². The Morgan fingerprint density at radius 2 is 1.67 bits per heavy atom. The summed E-state index contributed by atoms with van der Waals surface area (Å²) < 4.78 is 2.09. The molecule has 4 nitrogen and oxygen atoms in total. The highest BCUT2D eigenvalue weighted by Gasteiger charge is 2.20. The largest absolute Gasteiger partial charge is 0.281 e. The highest BCUT2D eigenvalue weighted by Crippen LogP contribution is 2.25. The summed E-state index contributed by atoms with van der Waals surface area (Å²) in [5.41, 5.74) is 4.35. The summed E-state index contributed by atoms with van der Waals surface area (Å²) in [7, 11) is 0. The average Bonchev–Trinajstić information content (AvgIpc) is 2.81. The van der Waals surface area contributed by atoms with Crippen LogP contribution in [0.4, 0.5) is 0 Å². The highest BCUT2D eigenvalue weighted by atomic mass is 15.3. The van der Waals surface area contributed by atoms with Crippen molar-refractivity contribution in [3.63, 3.8) is 0 Å². The molecule has 0 fully saturated rings. The summed E-state index contributed by atoms with van der Waals surface area (Å²) in [6.45, 7) is 2.51. The molecule has 0 saturated heterocycles. The molecule has 0 unspecified atom stereocenters. The fraction of sp³-hybridized carbons (Fsp3) is 0.118. The number of aryl methyl sites for hydroxylation is 1. The van der Waals surface area contributed by atoms with E-state index in [9.17, 15) is 0 Å². The van der Waals surface area contributed by atoms with Crippen LogP contribution in [-0.2, 0) is 6.54 Å². The van der Waals surface area contributed by atoms with Crippen molar-refractivity contribution >= 4 is 5.71 Å². The smallest absolute Gasteiger partial charge is 0.159 e. The zero-order valence-corrected chi connectivity index (χ0v) is 11.7. The molecule has 102 valence electrons. The summed E-state index contributed by atoms with van der Waals surface area (Å²) in [4.78, 5) is 4.78. The van der Waals surface area contributed by atoms with Crippen LogP contribution in [0, 0.1) is 6.92 Å².